The molecular formula is C27H27ClN2O2. The third-order valence-electron chi connectivity index (χ3n) is 5.60. The number of likely N-dealkylation sites (tertiary alicyclic amines) is 1. The second kappa shape index (κ2) is 10.7. The van der Waals surface area contributed by atoms with Gasteiger partial charge in [0.05, 0.1) is 6.10 Å². The summed E-state index contributed by atoms with van der Waals surface area (Å²) < 4.78 is 5.96. The van der Waals surface area contributed by atoms with E-state index in [2.05, 4.69) is 21.7 Å². The summed E-state index contributed by atoms with van der Waals surface area (Å²) in [5.74, 6) is 7.19. The number of piperidine rings is 1. The Hall–Kier alpha value is -2.84. The largest absolute Gasteiger partial charge is 0.492 e. The van der Waals surface area contributed by atoms with Gasteiger partial charge in [-0.3, -0.25) is 4.90 Å². The molecule has 2 heterocycles. The molecule has 1 saturated heterocycles. The fourth-order valence-electron chi connectivity index (χ4n) is 3.83. The molecule has 1 aliphatic heterocycles. The van der Waals surface area contributed by atoms with E-state index in [1.165, 1.54) is 0 Å². The lowest BCUT2D eigenvalue weighted by molar-refractivity contribution is 0.0632. The SMILES string of the molecule is Cc1cc(C#Cc2ccc(-c3ccc(Cl)cc3)cn2)ccc1OCCN1CCCC(O)C1. The quantitative estimate of drug-likeness (QED) is 0.563. The second-order valence-electron chi connectivity index (χ2n) is 8.11. The first-order chi connectivity index (χ1) is 15.6. The van der Waals surface area contributed by atoms with E-state index in [1.54, 1.807) is 0 Å². The number of aryl methyl sites for hydroxylation is 1. The Morgan fingerprint density at radius 2 is 1.91 bits per heavy atom. The minimum absolute atomic E-state index is 0.202. The van der Waals surface area contributed by atoms with Crippen molar-refractivity contribution >= 4 is 11.6 Å². The van der Waals surface area contributed by atoms with Crippen LogP contribution in [0.15, 0.2) is 60.8 Å². The lowest BCUT2D eigenvalue weighted by atomic mass is 10.1. The summed E-state index contributed by atoms with van der Waals surface area (Å²) in [6.45, 7) is 5.25. The molecule has 4 nitrogen and oxygen atoms in total. The molecule has 164 valence electrons. The molecule has 32 heavy (non-hydrogen) atoms. The molecule has 0 bridgehead atoms. The first kappa shape index (κ1) is 22.4. The minimum atomic E-state index is -0.202. The number of rotatable bonds is 5. The summed E-state index contributed by atoms with van der Waals surface area (Å²) in [4.78, 5) is 6.73. The standard InChI is InChI=1S/C27H27ClN2O2/c1-20-17-21(5-13-27(20)32-16-15-30-14-2-3-26(31)19-30)4-11-25-12-8-23(18-29-25)22-6-9-24(28)10-7-22/h5-10,12-13,17-18,26,31H,2-3,14-16,19H2,1H3. The van der Waals surface area contributed by atoms with Gasteiger partial charge in [-0.15, -0.1) is 0 Å². The normalized spacial score (nSPS) is 16.3. The Labute approximate surface area is 194 Å². The molecule has 4 rings (SSSR count). The smallest absolute Gasteiger partial charge is 0.122 e. The van der Waals surface area contributed by atoms with Gasteiger partial charge in [-0.1, -0.05) is 35.7 Å². The Kier molecular flexibility index (Phi) is 7.44. The average molecular weight is 447 g/mol. The number of ether oxygens (including phenoxy) is 1. The number of nitrogens with zero attached hydrogens (tertiary/aromatic N) is 2. The lowest BCUT2D eigenvalue weighted by Crippen LogP contribution is -2.40. The number of pyridine rings is 1. The maximum Gasteiger partial charge on any atom is 0.122 e. The lowest BCUT2D eigenvalue weighted by Gasteiger charge is -2.29. The maximum absolute atomic E-state index is 9.77. The van der Waals surface area contributed by atoms with Gasteiger partial charge in [0.1, 0.15) is 18.1 Å². The number of aromatic nitrogens is 1. The first-order valence-electron chi connectivity index (χ1n) is 10.9. The van der Waals surface area contributed by atoms with Crippen molar-refractivity contribution in [3.05, 3.63) is 82.6 Å². The van der Waals surface area contributed by atoms with E-state index in [9.17, 15) is 5.11 Å². The van der Waals surface area contributed by atoms with Crippen LogP contribution in [-0.2, 0) is 0 Å². The van der Waals surface area contributed by atoms with Crippen molar-refractivity contribution in [3.63, 3.8) is 0 Å². The number of benzene rings is 2. The van der Waals surface area contributed by atoms with Gasteiger partial charge >= 0.3 is 0 Å². The molecule has 0 spiro atoms. The van der Waals surface area contributed by atoms with Crippen LogP contribution < -0.4 is 4.74 Å². The van der Waals surface area contributed by atoms with E-state index < -0.39 is 0 Å². The number of hydrogen-bond acceptors (Lipinski definition) is 4. The third-order valence-corrected chi connectivity index (χ3v) is 5.85. The minimum Gasteiger partial charge on any atom is -0.492 e. The summed E-state index contributed by atoms with van der Waals surface area (Å²) in [5.41, 5.74) is 4.82. The summed E-state index contributed by atoms with van der Waals surface area (Å²) in [7, 11) is 0. The van der Waals surface area contributed by atoms with E-state index in [0.29, 0.717) is 6.61 Å². The van der Waals surface area contributed by atoms with Gasteiger partial charge in [0.15, 0.2) is 0 Å². The third kappa shape index (κ3) is 6.11. The molecular weight excluding hydrogens is 420 g/mol. The zero-order valence-corrected chi connectivity index (χ0v) is 19.0. The molecule has 0 radical (unpaired) electrons. The molecule has 1 aliphatic rings. The average Bonchev–Trinajstić information content (AvgIpc) is 2.80. The topological polar surface area (TPSA) is 45.6 Å². The predicted octanol–water partition coefficient (Wildman–Crippen LogP) is 4.95. The van der Waals surface area contributed by atoms with E-state index in [-0.39, 0.29) is 6.10 Å². The van der Waals surface area contributed by atoms with Gasteiger partial charge in [-0.25, -0.2) is 4.98 Å². The van der Waals surface area contributed by atoms with Crippen molar-refractivity contribution in [1.82, 2.24) is 9.88 Å². The Morgan fingerprint density at radius 3 is 2.62 bits per heavy atom. The van der Waals surface area contributed by atoms with Gasteiger partial charge in [0.25, 0.3) is 0 Å². The molecule has 1 unspecified atom stereocenters. The summed E-state index contributed by atoms with van der Waals surface area (Å²) in [5, 5.41) is 10.5. The van der Waals surface area contributed by atoms with Crippen molar-refractivity contribution < 1.29 is 9.84 Å². The molecule has 2 aromatic carbocycles. The fourth-order valence-corrected chi connectivity index (χ4v) is 3.95. The number of halogens is 1. The van der Waals surface area contributed by atoms with Gasteiger partial charge in [0.2, 0.25) is 0 Å². The van der Waals surface area contributed by atoms with Crippen LogP contribution in [0.4, 0.5) is 0 Å². The van der Waals surface area contributed by atoms with Crippen molar-refractivity contribution in [1.29, 1.82) is 0 Å². The van der Waals surface area contributed by atoms with Crippen molar-refractivity contribution in [2.75, 3.05) is 26.2 Å². The van der Waals surface area contributed by atoms with E-state index in [4.69, 9.17) is 16.3 Å². The number of hydrogen-bond donors (Lipinski definition) is 1. The van der Waals surface area contributed by atoms with Crippen molar-refractivity contribution in [2.45, 2.75) is 25.9 Å². The Balaban J connectivity index is 1.34. The monoisotopic (exact) mass is 446 g/mol. The summed E-state index contributed by atoms with van der Waals surface area (Å²) in [6, 6.07) is 17.6. The van der Waals surface area contributed by atoms with Crippen molar-refractivity contribution in [2.24, 2.45) is 0 Å². The van der Waals surface area contributed by atoms with Crippen molar-refractivity contribution in [3.8, 4) is 28.7 Å². The van der Waals surface area contributed by atoms with Crippen LogP contribution >= 0.6 is 11.6 Å². The van der Waals surface area contributed by atoms with E-state index >= 15 is 0 Å². The first-order valence-corrected chi connectivity index (χ1v) is 11.3. The van der Waals surface area contributed by atoms with Gasteiger partial charge < -0.3 is 9.84 Å². The zero-order valence-electron chi connectivity index (χ0n) is 18.2. The van der Waals surface area contributed by atoms with Crippen LogP contribution in [0, 0.1) is 18.8 Å². The molecule has 0 saturated carbocycles. The van der Waals surface area contributed by atoms with Gasteiger partial charge in [-0.05, 0) is 79.8 Å². The molecule has 0 amide bonds. The highest BCUT2D eigenvalue weighted by atomic mass is 35.5. The van der Waals surface area contributed by atoms with Crippen LogP contribution in [-0.4, -0.2) is 47.3 Å². The summed E-state index contributed by atoms with van der Waals surface area (Å²) in [6.07, 6.45) is 3.58. The maximum atomic E-state index is 9.77. The molecule has 5 heteroatoms. The molecule has 1 atom stereocenters. The van der Waals surface area contributed by atoms with Crippen LogP contribution in [0.2, 0.25) is 5.02 Å². The number of aliphatic hydroxyl groups excluding tert-OH is 1. The van der Waals surface area contributed by atoms with E-state index in [0.717, 1.165) is 71.2 Å². The Morgan fingerprint density at radius 1 is 1.09 bits per heavy atom. The molecule has 1 N–H and O–H groups in total. The van der Waals surface area contributed by atoms with Gasteiger partial charge in [0, 0.05) is 35.4 Å². The zero-order chi connectivity index (χ0) is 22.3. The molecule has 1 fully saturated rings. The van der Waals surface area contributed by atoms with Gasteiger partial charge in [-0.2, -0.15) is 0 Å². The van der Waals surface area contributed by atoms with Crippen LogP contribution in [0.3, 0.4) is 0 Å². The molecule has 1 aromatic heterocycles. The highest BCUT2D eigenvalue weighted by molar-refractivity contribution is 6.30. The van der Waals surface area contributed by atoms with Crippen LogP contribution in [0.1, 0.15) is 29.7 Å². The molecule has 3 aromatic rings. The number of aliphatic hydroxyl groups is 1. The fraction of sp³-hybridized carbons (Fsp3) is 0.296. The Bertz CT molecular complexity index is 1100. The summed E-state index contributed by atoms with van der Waals surface area (Å²) >= 11 is 5.95. The molecule has 0 aliphatic carbocycles. The predicted molar refractivity (Wildman–Crippen MR) is 129 cm³/mol. The van der Waals surface area contributed by atoms with E-state index in [1.807, 2.05) is 67.7 Å². The highest BCUT2D eigenvalue weighted by Crippen LogP contribution is 2.21. The van der Waals surface area contributed by atoms with Crippen LogP contribution in [0.5, 0.6) is 5.75 Å². The second-order valence-corrected chi connectivity index (χ2v) is 8.55. The number of β-amino-alcohol motifs (C(OH)–C–C–N with tert-alkyl or cyclic N) is 1. The van der Waals surface area contributed by atoms with Crippen LogP contribution in [0.25, 0.3) is 11.1 Å². The highest BCUT2D eigenvalue weighted by Gasteiger charge is 2.17.